The molecule has 3 heterocycles. The molecule has 11 heteroatoms. The predicted molar refractivity (Wildman–Crippen MR) is 114 cm³/mol. The maximum Gasteiger partial charge on any atom is 0.416 e. The minimum absolute atomic E-state index is 0.0184. The molecule has 0 bridgehead atoms. The molecule has 1 aromatic heterocycles. The predicted octanol–water partition coefficient (Wildman–Crippen LogP) is 2.97. The van der Waals surface area contributed by atoms with Gasteiger partial charge in [0.25, 0.3) is 11.8 Å². The summed E-state index contributed by atoms with van der Waals surface area (Å²) in [6.07, 6.45) is -3.16. The van der Waals surface area contributed by atoms with Crippen molar-refractivity contribution in [2.24, 2.45) is 5.92 Å². The van der Waals surface area contributed by atoms with E-state index in [4.69, 9.17) is 4.74 Å². The Hall–Kier alpha value is -3.37. The van der Waals surface area contributed by atoms with Crippen molar-refractivity contribution in [3.63, 3.8) is 0 Å². The van der Waals surface area contributed by atoms with E-state index in [1.165, 1.54) is 21.7 Å². The highest BCUT2D eigenvalue weighted by atomic mass is 19.4. The van der Waals surface area contributed by atoms with Gasteiger partial charge in [-0.15, -0.1) is 0 Å². The van der Waals surface area contributed by atoms with E-state index >= 15 is 0 Å². The highest BCUT2D eigenvalue weighted by Crippen LogP contribution is 2.30. The topological polar surface area (TPSA) is 84.7 Å². The summed E-state index contributed by atoms with van der Waals surface area (Å²) in [4.78, 5) is 41.1. The number of esters is 1. The van der Waals surface area contributed by atoms with E-state index in [-0.39, 0.29) is 55.4 Å². The van der Waals surface area contributed by atoms with Gasteiger partial charge in [-0.1, -0.05) is 12.1 Å². The van der Waals surface area contributed by atoms with Crippen molar-refractivity contribution in [1.82, 2.24) is 19.6 Å². The van der Waals surface area contributed by atoms with Gasteiger partial charge in [-0.3, -0.25) is 19.1 Å². The number of hydrogen-bond acceptors (Lipinski definition) is 5. The van der Waals surface area contributed by atoms with Crippen molar-refractivity contribution in [1.29, 1.82) is 0 Å². The first-order valence-corrected chi connectivity index (χ1v) is 11.2. The standard InChI is InChI=1S/C23H25F3N4O4/c1-2-34-22(33)16-6-4-8-28(14-16)20(31)18-12-19-21(32)29(9-10-30(19)27-18)13-15-5-3-7-17(11-15)23(24,25)26/h3,5,7,11-12,16H,2,4,6,8-10,13-14H2,1H3. The fourth-order valence-electron chi connectivity index (χ4n) is 4.34. The van der Waals surface area contributed by atoms with Crippen LogP contribution in [0.25, 0.3) is 0 Å². The average molecular weight is 478 g/mol. The first kappa shape index (κ1) is 23.8. The molecule has 1 fully saturated rings. The van der Waals surface area contributed by atoms with Crippen LogP contribution in [0.1, 0.15) is 51.9 Å². The van der Waals surface area contributed by atoms with Crippen molar-refractivity contribution in [3.05, 3.63) is 52.8 Å². The molecule has 1 atom stereocenters. The van der Waals surface area contributed by atoms with Gasteiger partial charge >= 0.3 is 12.1 Å². The van der Waals surface area contributed by atoms with Crippen molar-refractivity contribution in [2.45, 2.75) is 39.0 Å². The van der Waals surface area contributed by atoms with Crippen molar-refractivity contribution >= 4 is 17.8 Å². The highest BCUT2D eigenvalue weighted by molar-refractivity contribution is 5.98. The number of aromatic nitrogens is 2. The third-order valence-electron chi connectivity index (χ3n) is 6.04. The molecule has 0 radical (unpaired) electrons. The van der Waals surface area contributed by atoms with E-state index in [0.29, 0.717) is 31.5 Å². The van der Waals surface area contributed by atoms with Gasteiger partial charge in [0.1, 0.15) is 5.69 Å². The zero-order chi connectivity index (χ0) is 24.5. The van der Waals surface area contributed by atoms with Crippen LogP contribution in [0.2, 0.25) is 0 Å². The third-order valence-corrected chi connectivity index (χ3v) is 6.04. The fraction of sp³-hybridized carbons (Fsp3) is 0.478. The summed E-state index contributed by atoms with van der Waals surface area (Å²) in [6.45, 7) is 3.31. The van der Waals surface area contributed by atoms with Crippen LogP contribution < -0.4 is 0 Å². The summed E-state index contributed by atoms with van der Waals surface area (Å²) in [5, 5.41) is 4.28. The first-order chi connectivity index (χ1) is 16.2. The number of amides is 2. The molecule has 2 aliphatic heterocycles. The molecule has 182 valence electrons. The number of fused-ring (bicyclic) bond motifs is 1. The lowest BCUT2D eigenvalue weighted by Gasteiger charge is -2.31. The zero-order valence-electron chi connectivity index (χ0n) is 18.7. The molecule has 0 saturated carbocycles. The monoisotopic (exact) mass is 478 g/mol. The Labute approximate surface area is 194 Å². The second-order valence-corrected chi connectivity index (χ2v) is 8.41. The number of piperidine rings is 1. The number of likely N-dealkylation sites (tertiary alicyclic amines) is 1. The molecule has 2 amide bonds. The Morgan fingerprint density at radius 1 is 1.18 bits per heavy atom. The lowest BCUT2D eigenvalue weighted by molar-refractivity contribution is -0.149. The molecule has 8 nitrogen and oxygen atoms in total. The molecule has 4 rings (SSSR count). The van der Waals surface area contributed by atoms with Crippen LogP contribution >= 0.6 is 0 Å². The quantitative estimate of drug-likeness (QED) is 0.617. The van der Waals surface area contributed by atoms with Crippen LogP contribution in [-0.4, -0.2) is 63.6 Å². The number of rotatable bonds is 5. The highest BCUT2D eigenvalue weighted by Gasteiger charge is 2.34. The lowest BCUT2D eigenvalue weighted by atomic mass is 9.98. The van der Waals surface area contributed by atoms with E-state index in [1.807, 2.05) is 0 Å². The molecule has 0 N–H and O–H groups in total. The van der Waals surface area contributed by atoms with Crippen LogP contribution in [0.4, 0.5) is 13.2 Å². The number of carbonyl (C=O) groups excluding carboxylic acids is 3. The molecule has 2 aliphatic rings. The molecule has 2 aromatic rings. The van der Waals surface area contributed by atoms with Gasteiger partial charge in [-0.05, 0) is 37.5 Å². The Morgan fingerprint density at radius 3 is 2.71 bits per heavy atom. The second-order valence-electron chi connectivity index (χ2n) is 8.41. The summed E-state index contributed by atoms with van der Waals surface area (Å²) >= 11 is 0. The Kier molecular flexibility index (Phi) is 6.63. The summed E-state index contributed by atoms with van der Waals surface area (Å²) in [5.41, 5.74) is -0.0879. The second kappa shape index (κ2) is 9.47. The van der Waals surface area contributed by atoms with E-state index in [0.717, 1.165) is 12.1 Å². The largest absolute Gasteiger partial charge is 0.466 e. The van der Waals surface area contributed by atoms with E-state index in [9.17, 15) is 27.6 Å². The number of nitrogens with zero attached hydrogens (tertiary/aromatic N) is 4. The Bertz CT molecular complexity index is 1100. The molecule has 1 saturated heterocycles. The van der Waals surface area contributed by atoms with Crippen molar-refractivity contribution in [2.75, 3.05) is 26.2 Å². The minimum atomic E-state index is -4.46. The lowest BCUT2D eigenvalue weighted by Crippen LogP contribution is -2.43. The molecular weight excluding hydrogens is 453 g/mol. The maximum absolute atomic E-state index is 13.0. The molecule has 0 aliphatic carbocycles. The number of hydrogen-bond donors (Lipinski definition) is 0. The zero-order valence-corrected chi connectivity index (χ0v) is 18.7. The molecule has 1 unspecified atom stereocenters. The van der Waals surface area contributed by atoms with E-state index in [1.54, 1.807) is 17.9 Å². The van der Waals surface area contributed by atoms with E-state index in [2.05, 4.69) is 5.10 Å². The fourth-order valence-corrected chi connectivity index (χ4v) is 4.34. The smallest absolute Gasteiger partial charge is 0.416 e. The number of carbonyl (C=O) groups is 3. The van der Waals surface area contributed by atoms with Gasteiger partial charge in [0.05, 0.1) is 24.6 Å². The molecule has 0 spiro atoms. The van der Waals surface area contributed by atoms with E-state index < -0.39 is 17.6 Å². The van der Waals surface area contributed by atoms with Crippen molar-refractivity contribution in [3.8, 4) is 0 Å². The number of halogens is 3. The van der Waals surface area contributed by atoms with Crippen molar-refractivity contribution < 1.29 is 32.3 Å². The number of benzene rings is 1. The van der Waals surface area contributed by atoms with Gasteiger partial charge < -0.3 is 14.5 Å². The summed E-state index contributed by atoms with van der Waals surface area (Å²) in [6, 6.07) is 6.29. The van der Waals surface area contributed by atoms with Crippen LogP contribution in [0.5, 0.6) is 0 Å². The van der Waals surface area contributed by atoms with Gasteiger partial charge in [0, 0.05) is 32.2 Å². The van der Waals surface area contributed by atoms with Crippen LogP contribution in [-0.2, 0) is 28.8 Å². The molecule has 34 heavy (non-hydrogen) atoms. The summed E-state index contributed by atoms with van der Waals surface area (Å²) < 4.78 is 45.5. The Balaban J connectivity index is 1.46. The maximum atomic E-state index is 13.0. The SMILES string of the molecule is CCOC(=O)C1CCCN(C(=O)c2cc3n(n2)CCN(Cc2cccc(C(F)(F)F)c2)C3=O)C1. The molecule has 1 aromatic carbocycles. The average Bonchev–Trinajstić information content (AvgIpc) is 3.25. The Morgan fingerprint density at radius 2 is 1.97 bits per heavy atom. The van der Waals surface area contributed by atoms with Gasteiger partial charge in [-0.2, -0.15) is 18.3 Å². The summed E-state index contributed by atoms with van der Waals surface area (Å²) in [5.74, 6) is -1.49. The molecular formula is C23H25F3N4O4. The van der Waals surface area contributed by atoms with Gasteiger partial charge in [0.2, 0.25) is 0 Å². The van der Waals surface area contributed by atoms with Crippen LogP contribution in [0.3, 0.4) is 0 Å². The van der Waals surface area contributed by atoms with Gasteiger partial charge in [-0.25, -0.2) is 0 Å². The minimum Gasteiger partial charge on any atom is -0.466 e. The number of ether oxygens (including phenoxy) is 1. The van der Waals surface area contributed by atoms with Gasteiger partial charge in [0.15, 0.2) is 5.69 Å². The normalized spacial score (nSPS) is 18.6. The van der Waals surface area contributed by atoms with Crippen LogP contribution in [0.15, 0.2) is 30.3 Å². The summed E-state index contributed by atoms with van der Waals surface area (Å²) in [7, 11) is 0. The first-order valence-electron chi connectivity index (χ1n) is 11.2. The van der Waals surface area contributed by atoms with Crippen LogP contribution in [0, 0.1) is 5.92 Å². The number of alkyl halides is 3. The third kappa shape index (κ3) is 4.92.